The van der Waals surface area contributed by atoms with Crippen LogP contribution in [0.4, 0.5) is 0 Å². The molecule has 160 valence electrons. The second-order valence-corrected chi connectivity index (χ2v) is 8.56. The van der Waals surface area contributed by atoms with E-state index >= 15 is 0 Å². The summed E-state index contributed by atoms with van der Waals surface area (Å²) < 4.78 is 5.39. The number of aromatic nitrogens is 2. The quantitative estimate of drug-likeness (QED) is 0.761. The van der Waals surface area contributed by atoms with Crippen LogP contribution in [0.5, 0.6) is 0 Å². The van der Waals surface area contributed by atoms with E-state index in [2.05, 4.69) is 15.1 Å². The largest absolute Gasteiger partial charge is 0.379 e. The molecule has 8 heteroatoms. The average Bonchev–Trinajstić information content (AvgIpc) is 3.16. The number of ether oxygens (including phenoxy) is 1. The van der Waals surface area contributed by atoms with Crippen molar-refractivity contribution in [1.82, 2.24) is 24.9 Å². The van der Waals surface area contributed by atoms with Crippen molar-refractivity contribution in [2.24, 2.45) is 5.92 Å². The second-order valence-electron chi connectivity index (χ2n) is 8.56. The third-order valence-corrected chi connectivity index (χ3v) is 6.54. The number of fused-ring (bicyclic) bond motifs is 1. The molecule has 1 aromatic rings. The average molecular weight is 404 g/mol. The van der Waals surface area contributed by atoms with Gasteiger partial charge in [-0.1, -0.05) is 0 Å². The number of nitrogens with one attached hydrogen (secondary N) is 1. The molecule has 0 aromatic carbocycles. The predicted octanol–water partition coefficient (Wildman–Crippen LogP) is 0.818. The molecule has 0 spiro atoms. The summed E-state index contributed by atoms with van der Waals surface area (Å²) in [5.74, 6) is 0.185. The van der Waals surface area contributed by atoms with E-state index in [1.165, 1.54) is 24.1 Å². The van der Waals surface area contributed by atoms with E-state index in [1.54, 1.807) is 4.90 Å². The first-order valence-electron chi connectivity index (χ1n) is 11.0. The number of hydrogen-bond acceptors (Lipinski definition) is 5. The Hall–Kier alpha value is -1.93. The smallest absolute Gasteiger partial charge is 0.227 e. The molecule has 4 rings (SSSR count). The van der Waals surface area contributed by atoms with Crippen LogP contribution in [0, 0.1) is 5.92 Å². The van der Waals surface area contributed by atoms with Gasteiger partial charge in [0.1, 0.15) is 0 Å². The molecular formula is C21H33N5O3. The highest BCUT2D eigenvalue weighted by Crippen LogP contribution is 2.24. The molecule has 0 unspecified atom stereocenters. The number of carbonyl (C=O) groups excluding carboxylic acids is 2. The van der Waals surface area contributed by atoms with Crippen LogP contribution in [-0.4, -0.2) is 89.7 Å². The normalized spacial score (nSPS) is 23.1. The summed E-state index contributed by atoms with van der Waals surface area (Å²) >= 11 is 0. The van der Waals surface area contributed by atoms with E-state index in [1.807, 2.05) is 11.9 Å². The van der Waals surface area contributed by atoms with Crippen LogP contribution in [0.1, 0.15) is 42.6 Å². The summed E-state index contributed by atoms with van der Waals surface area (Å²) in [6.45, 7) is 5.98. The van der Waals surface area contributed by atoms with Gasteiger partial charge in [-0.05, 0) is 37.7 Å². The Labute approximate surface area is 172 Å². The van der Waals surface area contributed by atoms with Crippen LogP contribution in [0.15, 0.2) is 0 Å². The van der Waals surface area contributed by atoms with Gasteiger partial charge in [0.25, 0.3) is 0 Å². The highest BCUT2D eigenvalue weighted by Gasteiger charge is 2.32. The van der Waals surface area contributed by atoms with Crippen LogP contribution in [0.3, 0.4) is 0 Å². The summed E-state index contributed by atoms with van der Waals surface area (Å²) in [6, 6.07) is 0. The maximum Gasteiger partial charge on any atom is 0.227 e. The van der Waals surface area contributed by atoms with Crippen molar-refractivity contribution in [2.45, 2.75) is 45.1 Å². The van der Waals surface area contributed by atoms with Gasteiger partial charge in [-0.25, -0.2) is 0 Å². The molecule has 2 saturated heterocycles. The molecular weight excluding hydrogens is 370 g/mol. The van der Waals surface area contributed by atoms with Gasteiger partial charge in [-0.15, -0.1) is 0 Å². The lowest BCUT2D eigenvalue weighted by molar-refractivity contribution is -0.142. The molecule has 2 fully saturated rings. The molecule has 29 heavy (non-hydrogen) atoms. The number of carbonyl (C=O) groups is 2. The van der Waals surface area contributed by atoms with E-state index in [9.17, 15) is 9.59 Å². The third-order valence-electron chi connectivity index (χ3n) is 6.54. The zero-order valence-electron chi connectivity index (χ0n) is 17.5. The topological polar surface area (TPSA) is 81.8 Å². The van der Waals surface area contributed by atoms with Crippen LogP contribution < -0.4 is 0 Å². The molecule has 1 atom stereocenters. The number of H-pyrrole nitrogens is 1. The first-order chi connectivity index (χ1) is 14.1. The van der Waals surface area contributed by atoms with Crippen molar-refractivity contribution in [1.29, 1.82) is 0 Å². The number of aryl methyl sites for hydroxylation is 1. The van der Waals surface area contributed by atoms with Crippen molar-refractivity contribution in [3.63, 3.8) is 0 Å². The lowest BCUT2D eigenvalue weighted by Crippen LogP contribution is -2.49. The molecule has 2 amide bonds. The molecule has 2 aliphatic heterocycles. The monoisotopic (exact) mass is 403 g/mol. The fourth-order valence-electron chi connectivity index (χ4n) is 4.71. The summed E-state index contributed by atoms with van der Waals surface area (Å²) in [6.07, 6.45) is 5.62. The SMILES string of the molecule is CN(Cc1n[nH]c2c1CCCC2)C(=O)[C@H]1CCC(=O)N(CCN2CCOCC2)C1. The van der Waals surface area contributed by atoms with Crippen molar-refractivity contribution in [2.75, 3.05) is 53.0 Å². The van der Waals surface area contributed by atoms with Crippen LogP contribution in [0.2, 0.25) is 0 Å². The number of amides is 2. The first kappa shape index (κ1) is 20.3. The number of nitrogens with zero attached hydrogens (tertiary/aromatic N) is 4. The standard InChI is InChI=1S/C21H33N5O3/c1-24(15-19-17-4-2-3-5-18(17)22-23-19)21(28)16-6-7-20(27)26(14-16)9-8-25-10-12-29-13-11-25/h16H,2-15H2,1H3,(H,22,23)/t16-/m0/s1. The number of rotatable bonds is 6. The summed E-state index contributed by atoms with van der Waals surface area (Å²) in [7, 11) is 1.86. The predicted molar refractivity (Wildman–Crippen MR) is 108 cm³/mol. The number of morpholine rings is 1. The Bertz CT molecular complexity index is 728. The zero-order valence-corrected chi connectivity index (χ0v) is 17.5. The van der Waals surface area contributed by atoms with Crippen molar-refractivity contribution < 1.29 is 14.3 Å². The molecule has 0 radical (unpaired) electrons. The van der Waals surface area contributed by atoms with Crippen LogP contribution in [0.25, 0.3) is 0 Å². The Morgan fingerprint density at radius 3 is 2.83 bits per heavy atom. The first-order valence-corrected chi connectivity index (χ1v) is 11.0. The molecule has 1 aliphatic carbocycles. The minimum absolute atomic E-state index is 0.114. The van der Waals surface area contributed by atoms with Crippen molar-refractivity contribution in [3.8, 4) is 0 Å². The van der Waals surface area contributed by atoms with Crippen LogP contribution >= 0.6 is 0 Å². The maximum atomic E-state index is 13.1. The second kappa shape index (κ2) is 9.26. The van der Waals surface area contributed by atoms with Crippen molar-refractivity contribution >= 4 is 11.8 Å². The maximum absolute atomic E-state index is 13.1. The molecule has 1 N–H and O–H groups in total. The number of piperidine rings is 1. The van der Waals surface area contributed by atoms with Gasteiger partial charge in [0.05, 0.1) is 31.4 Å². The summed E-state index contributed by atoms with van der Waals surface area (Å²) in [4.78, 5) is 31.4. The van der Waals surface area contributed by atoms with Gasteiger partial charge in [0.15, 0.2) is 0 Å². The Morgan fingerprint density at radius 2 is 2.00 bits per heavy atom. The third kappa shape index (κ3) is 4.80. The Kier molecular flexibility index (Phi) is 6.50. The van der Waals surface area contributed by atoms with Gasteiger partial charge in [-0.3, -0.25) is 19.6 Å². The molecule has 0 saturated carbocycles. The van der Waals surface area contributed by atoms with E-state index < -0.39 is 0 Å². The van der Waals surface area contributed by atoms with E-state index in [-0.39, 0.29) is 17.7 Å². The van der Waals surface area contributed by atoms with Gasteiger partial charge >= 0.3 is 0 Å². The lowest BCUT2D eigenvalue weighted by atomic mass is 9.94. The fourth-order valence-corrected chi connectivity index (χ4v) is 4.71. The van der Waals surface area contributed by atoms with E-state index in [4.69, 9.17) is 4.74 Å². The molecule has 8 nitrogen and oxygen atoms in total. The fraction of sp³-hybridized carbons (Fsp3) is 0.762. The summed E-state index contributed by atoms with van der Waals surface area (Å²) in [5, 5.41) is 7.63. The van der Waals surface area contributed by atoms with Gasteiger partial charge in [-0.2, -0.15) is 5.10 Å². The van der Waals surface area contributed by atoms with Gasteiger partial charge in [0.2, 0.25) is 11.8 Å². The molecule has 1 aromatic heterocycles. The molecule has 0 bridgehead atoms. The van der Waals surface area contributed by atoms with E-state index in [0.717, 1.165) is 51.4 Å². The number of hydrogen-bond donors (Lipinski definition) is 1. The van der Waals surface area contributed by atoms with E-state index in [0.29, 0.717) is 32.5 Å². The molecule has 3 aliphatic rings. The van der Waals surface area contributed by atoms with Crippen LogP contribution in [-0.2, 0) is 33.7 Å². The van der Waals surface area contributed by atoms with Gasteiger partial charge < -0.3 is 14.5 Å². The zero-order chi connectivity index (χ0) is 20.2. The Balaban J connectivity index is 1.31. The number of likely N-dealkylation sites (tertiary alicyclic amines) is 1. The molecule has 3 heterocycles. The number of aromatic amines is 1. The lowest BCUT2D eigenvalue weighted by Gasteiger charge is -2.35. The minimum atomic E-state index is -0.114. The minimum Gasteiger partial charge on any atom is -0.379 e. The highest BCUT2D eigenvalue weighted by molar-refractivity contribution is 5.83. The Morgan fingerprint density at radius 1 is 1.21 bits per heavy atom. The van der Waals surface area contributed by atoms with Gasteiger partial charge in [0, 0.05) is 51.9 Å². The summed E-state index contributed by atoms with van der Waals surface area (Å²) in [5.41, 5.74) is 3.55. The van der Waals surface area contributed by atoms with Crippen molar-refractivity contribution in [3.05, 3.63) is 17.0 Å². The highest BCUT2D eigenvalue weighted by atomic mass is 16.5.